The Balaban J connectivity index is 2.69. The molecule has 0 nitrogen and oxygen atoms in total. The molecule has 0 fully saturated rings. The van der Waals surface area contributed by atoms with E-state index in [9.17, 15) is 4.39 Å². The van der Waals surface area contributed by atoms with Crippen LogP contribution < -0.4 is 0 Å². The molecule has 2 heteroatoms. The van der Waals surface area contributed by atoms with E-state index in [1.54, 1.807) is 6.08 Å². The average molecular weight is 156 g/mol. The van der Waals surface area contributed by atoms with E-state index < -0.39 is 5.41 Å². The molecule has 2 atom stereocenters. The van der Waals surface area contributed by atoms with Crippen molar-refractivity contribution in [1.29, 1.82) is 0 Å². The fourth-order valence-corrected chi connectivity index (χ4v) is 1.13. The highest BCUT2D eigenvalue weighted by Gasteiger charge is 2.18. The lowest BCUT2D eigenvalue weighted by Crippen LogP contribution is -2.09. The van der Waals surface area contributed by atoms with Gasteiger partial charge in [-0.1, -0.05) is 27.2 Å². The molecule has 0 aromatic rings. The lowest BCUT2D eigenvalue weighted by molar-refractivity contribution is 0.340. The molecule has 1 aliphatic carbocycles. The Morgan fingerprint density at radius 1 is 1.60 bits per heavy atom. The first kappa shape index (κ1) is 7.76. The molecule has 0 radical (unpaired) electrons. The zero-order valence-electron chi connectivity index (χ0n) is 5.73. The third-order valence-corrected chi connectivity index (χ3v) is 1.83. The molecule has 1 aliphatic rings. The van der Waals surface area contributed by atoms with Crippen LogP contribution in [-0.4, -0.2) is 5.41 Å². The predicted octanol–water partition coefficient (Wildman–Crippen LogP) is 2.27. The minimum atomic E-state index is -1.34. The second kappa shape index (κ2) is 3.17. The molecule has 0 bridgehead atoms. The van der Waals surface area contributed by atoms with Crippen LogP contribution in [0.15, 0.2) is 12.2 Å². The highest BCUT2D eigenvalue weighted by Crippen LogP contribution is 2.26. The fourth-order valence-electron chi connectivity index (χ4n) is 0.844. The number of rotatable bonds is 0. The summed E-state index contributed by atoms with van der Waals surface area (Å²) in [5, 5.41) is -1.34. The van der Waals surface area contributed by atoms with E-state index in [1.807, 2.05) is 6.08 Å². The van der Waals surface area contributed by atoms with Crippen molar-refractivity contribution >= 4 is 9.24 Å². The van der Waals surface area contributed by atoms with Crippen molar-refractivity contribution in [2.45, 2.75) is 24.7 Å². The van der Waals surface area contributed by atoms with Gasteiger partial charge in [-0.2, -0.15) is 0 Å². The van der Waals surface area contributed by atoms with E-state index in [1.165, 1.54) is 0 Å². The van der Waals surface area contributed by atoms with Gasteiger partial charge in [-0.05, 0) is 25.3 Å². The minimum Gasteiger partial charge on any atom is -0.225 e. The van der Waals surface area contributed by atoms with E-state index in [0.29, 0.717) is 6.42 Å². The summed E-state index contributed by atoms with van der Waals surface area (Å²) in [5.74, 6) is 5.17. The van der Waals surface area contributed by atoms with E-state index in [2.05, 4.69) is 21.1 Å². The smallest absolute Gasteiger partial charge is 0.183 e. The zero-order valence-corrected chi connectivity index (χ0v) is 6.89. The summed E-state index contributed by atoms with van der Waals surface area (Å²) in [4.78, 5) is 0. The van der Waals surface area contributed by atoms with E-state index in [-0.39, 0.29) is 0 Å². The van der Waals surface area contributed by atoms with Crippen LogP contribution in [0.1, 0.15) is 19.3 Å². The maximum Gasteiger partial charge on any atom is 0.183 e. The standard InChI is InChI=1S/C8H10FP/c9-8(10)6-4-2-1-3-5-7-8/h1-2H,3,5,7,10H2/b2-1-. The maximum absolute atomic E-state index is 13.1. The first-order valence-corrected chi connectivity index (χ1v) is 3.94. The number of hydrogen-bond donors (Lipinski definition) is 0. The summed E-state index contributed by atoms with van der Waals surface area (Å²) >= 11 is 0. The van der Waals surface area contributed by atoms with Crippen molar-refractivity contribution in [2.75, 3.05) is 0 Å². The summed E-state index contributed by atoms with van der Waals surface area (Å²) in [6, 6.07) is 0. The zero-order chi connectivity index (χ0) is 7.45. The maximum atomic E-state index is 13.1. The molecule has 0 amide bonds. The second-order valence-corrected chi connectivity index (χ2v) is 3.34. The van der Waals surface area contributed by atoms with Gasteiger partial charge in [0, 0.05) is 0 Å². The molecule has 0 heterocycles. The van der Waals surface area contributed by atoms with Crippen molar-refractivity contribution in [3.05, 3.63) is 12.2 Å². The van der Waals surface area contributed by atoms with Crippen LogP contribution in [0.25, 0.3) is 0 Å². The Hall–Kier alpha value is -0.340. The molecular formula is C8H10FP. The van der Waals surface area contributed by atoms with Crippen LogP contribution >= 0.6 is 9.24 Å². The highest BCUT2D eigenvalue weighted by molar-refractivity contribution is 7.19. The first-order chi connectivity index (χ1) is 4.71. The molecule has 54 valence electrons. The van der Waals surface area contributed by atoms with Crippen molar-refractivity contribution < 1.29 is 4.39 Å². The fraction of sp³-hybridized carbons (Fsp3) is 0.500. The third kappa shape index (κ3) is 2.50. The van der Waals surface area contributed by atoms with Gasteiger partial charge in [0.1, 0.15) is 0 Å². The van der Waals surface area contributed by atoms with Crippen LogP contribution in [0.3, 0.4) is 0 Å². The van der Waals surface area contributed by atoms with Crippen LogP contribution in [-0.2, 0) is 0 Å². The van der Waals surface area contributed by atoms with Gasteiger partial charge in [0.25, 0.3) is 0 Å². The van der Waals surface area contributed by atoms with E-state index in [4.69, 9.17) is 0 Å². The second-order valence-electron chi connectivity index (χ2n) is 2.43. The molecule has 0 saturated carbocycles. The number of hydrogen-bond acceptors (Lipinski definition) is 0. The summed E-state index contributed by atoms with van der Waals surface area (Å²) in [6.45, 7) is 0. The highest BCUT2D eigenvalue weighted by atomic mass is 31.0. The summed E-state index contributed by atoms with van der Waals surface area (Å²) < 4.78 is 13.1. The Bertz CT molecular complexity index is 195. The van der Waals surface area contributed by atoms with Crippen LogP contribution in [0.4, 0.5) is 4.39 Å². The SMILES string of the molecule is FC1(P)C#C/C=C\CCC1. The Morgan fingerprint density at radius 3 is 3.20 bits per heavy atom. The molecule has 0 saturated heterocycles. The molecule has 2 unspecified atom stereocenters. The van der Waals surface area contributed by atoms with Gasteiger partial charge in [-0.15, -0.1) is 0 Å². The molecule has 0 N–H and O–H groups in total. The quantitative estimate of drug-likeness (QED) is 0.373. The molecule has 0 aromatic heterocycles. The Labute approximate surface area is 63.1 Å². The summed E-state index contributed by atoms with van der Waals surface area (Å²) in [6.07, 6.45) is 6.04. The van der Waals surface area contributed by atoms with Crippen LogP contribution in [0.2, 0.25) is 0 Å². The first-order valence-electron chi connectivity index (χ1n) is 3.36. The summed E-state index contributed by atoms with van der Waals surface area (Å²) in [5.41, 5.74) is 0. The monoisotopic (exact) mass is 156 g/mol. The molecular weight excluding hydrogens is 146 g/mol. The minimum absolute atomic E-state index is 0.523. The number of allylic oxidation sites excluding steroid dienone is 2. The predicted molar refractivity (Wildman–Crippen MR) is 44.3 cm³/mol. The van der Waals surface area contributed by atoms with Gasteiger partial charge >= 0.3 is 0 Å². The lowest BCUT2D eigenvalue weighted by Gasteiger charge is -2.12. The lowest BCUT2D eigenvalue weighted by atomic mass is 10.1. The third-order valence-electron chi connectivity index (χ3n) is 1.39. The van der Waals surface area contributed by atoms with Gasteiger partial charge < -0.3 is 0 Å². The van der Waals surface area contributed by atoms with E-state index in [0.717, 1.165) is 12.8 Å². The van der Waals surface area contributed by atoms with Gasteiger partial charge in [0.2, 0.25) is 0 Å². The van der Waals surface area contributed by atoms with E-state index >= 15 is 0 Å². The molecule has 10 heavy (non-hydrogen) atoms. The summed E-state index contributed by atoms with van der Waals surface area (Å²) in [7, 11) is 2.15. The Kier molecular flexibility index (Phi) is 2.46. The molecule has 0 aromatic carbocycles. The number of alkyl halides is 1. The molecule has 1 rings (SSSR count). The van der Waals surface area contributed by atoms with Crippen molar-refractivity contribution in [3.8, 4) is 11.8 Å². The van der Waals surface area contributed by atoms with Crippen LogP contribution in [0.5, 0.6) is 0 Å². The van der Waals surface area contributed by atoms with Gasteiger partial charge in [-0.25, -0.2) is 4.39 Å². The molecule has 0 spiro atoms. The largest absolute Gasteiger partial charge is 0.225 e. The molecule has 0 aliphatic heterocycles. The average Bonchev–Trinajstić information content (AvgIpc) is 1.81. The van der Waals surface area contributed by atoms with Crippen molar-refractivity contribution in [1.82, 2.24) is 0 Å². The topological polar surface area (TPSA) is 0 Å². The number of halogens is 1. The van der Waals surface area contributed by atoms with Gasteiger partial charge in [0.05, 0.1) is 0 Å². The normalized spacial score (nSPS) is 35.0. The van der Waals surface area contributed by atoms with Gasteiger partial charge in [0.15, 0.2) is 5.41 Å². The van der Waals surface area contributed by atoms with Crippen molar-refractivity contribution in [3.63, 3.8) is 0 Å². The Morgan fingerprint density at radius 2 is 2.40 bits per heavy atom. The van der Waals surface area contributed by atoms with Crippen molar-refractivity contribution in [2.24, 2.45) is 0 Å². The van der Waals surface area contributed by atoms with Crippen LogP contribution in [0, 0.1) is 11.8 Å². The van der Waals surface area contributed by atoms with Gasteiger partial charge in [-0.3, -0.25) is 0 Å².